The van der Waals surface area contributed by atoms with E-state index in [1.807, 2.05) is 26.8 Å². The molecule has 0 aliphatic carbocycles. The number of aromatic hydroxyl groups is 1. The van der Waals surface area contributed by atoms with Crippen LogP contribution in [0.15, 0.2) is 34.9 Å². The summed E-state index contributed by atoms with van der Waals surface area (Å²) in [7, 11) is -4.38. The number of halogens is 1. The summed E-state index contributed by atoms with van der Waals surface area (Å²) < 4.78 is 44.4. The molecule has 0 saturated carbocycles. The van der Waals surface area contributed by atoms with Crippen molar-refractivity contribution in [2.45, 2.75) is 51.3 Å². The van der Waals surface area contributed by atoms with Gasteiger partial charge in [-0.3, -0.25) is 0 Å². The van der Waals surface area contributed by atoms with Gasteiger partial charge in [0.2, 0.25) is 0 Å². The van der Waals surface area contributed by atoms with E-state index in [1.165, 1.54) is 12.1 Å². The Labute approximate surface area is 166 Å². The third-order valence-corrected chi connectivity index (χ3v) is 7.50. The molecule has 152 valence electrons. The Kier molecular flexibility index (Phi) is 6.03. The molecule has 0 radical (unpaired) electrons. The Morgan fingerprint density at radius 2 is 2.14 bits per heavy atom. The maximum absolute atomic E-state index is 13.5. The second-order valence-electron chi connectivity index (χ2n) is 7.99. The molecule has 1 aromatic rings. The third kappa shape index (κ3) is 4.34. The summed E-state index contributed by atoms with van der Waals surface area (Å²) in [4.78, 5) is 0. The van der Waals surface area contributed by atoms with Crippen LogP contribution in [-0.4, -0.2) is 42.8 Å². The van der Waals surface area contributed by atoms with Gasteiger partial charge >= 0.3 is 7.12 Å². The second-order valence-corrected chi connectivity index (χ2v) is 10.2. The van der Waals surface area contributed by atoms with E-state index in [2.05, 4.69) is 0 Å². The van der Waals surface area contributed by atoms with Crippen molar-refractivity contribution < 1.29 is 27.6 Å². The van der Waals surface area contributed by atoms with Crippen molar-refractivity contribution >= 4 is 23.0 Å². The van der Waals surface area contributed by atoms with Gasteiger partial charge in [0.25, 0.3) is 0 Å². The molecule has 2 heterocycles. The van der Waals surface area contributed by atoms with Crippen molar-refractivity contribution in [2.24, 2.45) is 5.92 Å². The van der Waals surface area contributed by atoms with Gasteiger partial charge in [-0.15, -0.1) is 0 Å². The lowest BCUT2D eigenvalue weighted by Crippen LogP contribution is -2.42. The van der Waals surface area contributed by atoms with Crippen molar-refractivity contribution in [1.29, 1.82) is 0 Å². The topological polar surface area (TPSA) is 83.8 Å². The Bertz CT molecular complexity index is 923. The van der Waals surface area contributed by atoms with Gasteiger partial charge < -0.3 is 14.8 Å². The molecule has 1 fully saturated rings. The fourth-order valence-electron chi connectivity index (χ4n) is 4.04. The number of fused-ring (bicyclic) bond motifs is 1. The van der Waals surface area contributed by atoms with Gasteiger partial charge in [0.05, 0.1) is 17.1 Å². The first-order valence-corrected chi connectivity index (χ1v) is 11.2. The highest BCUT2D eigenvalue weighted by Crippen LogP contribution is 2.41. The summed E-state index contributed by atoms with van der Waals surface area (Å²) in [5.41, 5.74) is 3.34. The van der Waals surface area contributed by atoms with Crippen LogP contribution in [0.1, 0.15) is 39.2 Å². The van der Waals surface area contributed by atoms with E-state index in [9.17, 15) is 22.9 Å². The largest absolute Gasteiger partial charge is 0.505 e. The molecule has 3 rings (SSSR count). The molecule has 1 saturated heterocycles. The summed E-state index contributed by atoms with van der Waals surface area (Å²) in [6, 6.07) is 4.20. The molecule has 0 unspecified atom stereocenters. The SMILES string of the molecule is C/C(=C\c1ccc(O)c(F)c1)CC[C@H]1OB(O)C[C@H]2C1=C(C(C)C)CS2(=O)=O. The van der Waals surface area contributed by atoms with E-state index < -0.39 is 34.1 Å². The number of phenols is 1. The molecule has 2 aliphatic rings. The second kappa shape index (κ2) is 8.01. The molecule has 28 heavy (non-hydrogen) atoms. The highest BCUT2D eigenvalue weighted by atomic mass is 32.2. The number of allylic oxidation sites excluding steroid dienone is 1. The molecule has 0 amide bonds. The predicted octanol–water partition coefficient (Wildman–Crippen LogP) is 3.34. The minimum atomic E-state index is -3.30. The monoisotopic (exact) mass is 408 g/mol. The predicted molar refractivity (Wildman–Crippen MR) is 108 cm³/mol. The van der Waals surface area contributed by atoms with E-state index in [-0.39, 0.29) is 23.7 Å². The standard InChI is InChI=1S/C20H26BFO5S/c1-12(2)15-11-28(25,26)19-10-21(24)27-18(20(15)19)7-4-13(3)8-14-5-6-17(23)16(22)9-14/h5-6,8-9,12,18-19,23-24H,4,7,10-11H2,1-3H3/b13-8+/t18-,19+/m1/s1. The van der Waals surface area contributed by atoms with Gasteiger partial charge in [0.1, 0.15) is 0 Å². The number of benzene rings is 1. The van der Waals surface area contributed by atoms with Crippen molar-refractivity contribution in [3.8, 4) is 5.75 Å². The number of hydrogen-bond donors (Lipinski definition) is 2. The van der Waals surface area contributed by atoms with Crippen LogP contribution in [0.2, 0.25) is 6.32 Å². The summed E-state index contributed by atoms with van der Waals surface area (Å²) >= 11 is 0. The highest BCUT2D eigenvalue weighted by Gasteiger charge is 2.48. The number of hydrogen-bond acceptors (Lipinski definition) is 5. The Morgan fingerprint density at radius 3 is 2.79 bits per heavy atom. The van der Waals surface area contributed by atoms with E-state index in [1.54, 1.807) is 6.07 Å². The number of phenolic OH excluding ortho intramolecular Hbond substituents is 1. The normalized spacial score (nSPS) is 24.8. The molecular weight excluding hydrogens is 382 g/mol. The van der Waals surface area contributed by atoms with Gasteiger partial charge in [0.15, 0.2) is 21.4 Å². The molecule has 1 aromatic carbocycles. The molecule has 8 heteroatoms. The van der Waals surface area contributed by atoms with Crippen molar-refractivity contribution in [3.63, 3.8) is 0 Å². The maximum atomic E-state index is 13.5. The average molecular weight is 408 g/mol. The molecular formula is C20H26BFO5S. The minimum absolute atomic E-state index is 0.0405. The van der Waals surface area contributed by atoms with Crippen LogP contribution in [0.5, 0.6) is 5.75 Å². The van der Waals surface area contributed by atoms with Gasteiger partial charge in [-0.1, -0.05) is 31.6 Å². The summed E-state index contributed by atoms with van der Waals surface area (Å²) in [6.45, 7) is 5.87. The molecule has 2 atom stereocenters. The van der Waals surface area contributed by atoms with Crippen LogP contribution in [0.25, 0.3) is 6.08 Å². The number of sulfone groups is 1. The van der Waals surface area contributed by atoms with Crippen molar-refractivity contribution in [3.05, 3.63) is 46.3 Å². The zero-order valence-corrected chi connectivity index (χ0v) is 17.2. The van der Waals surface area contributed by atoms with Gasteiger partial charge in [0, 0.05) is 6.32 Å². The Morgan fingerprint density at radius 1 is 1.43 bits per heavy atom. The molecule has 0 spiro atoms. The zero-order chi connectivity index (χ0) is 20.6. The molecule has 5 nitrogen and oxygen atoms in total. The van der Waals surface area contributed by atoms with E-state index in [0.29, 0.717) is 18.4 Å². The molecule has 0 aromatic heterocycles. The Hall–Kier alpha value is -1.64. The van der Waals surface area contributed by atoms with E-state index >= 15 is 0 Å². The summed E-state index contributed by atoms with van der Waals surface area (Å²) in [6.07, 6.45) is 2.62. The van der Waals surface area contributed by atoms with Crippen molar-refractivity contribution in [2.75, 3.05) is 5.75 Å². The summed E-state index contributed by atoms with van der Waals surface area (Å²) in [5.74, 6) is -0.918. The van der Waals surface area contributed by atoms with Crippen LogP contribution in [0.3, 0.4) is 0 Å². The van der Waals surface area contributed by atoms with E-state index in [0.717, 1.165) is 16.7 Å². The maximum Gasteiger partial charge on any atom is 0.456 e. The first-order chi connectivity index (χ1) is 13.1. The van der Waals surface area contributed by atoms with Crippen LogP contribution in [0.4, 0.5) is 4.39 Å². The lowest BCUT2D eigenvalue weighted by atomic mass is 9.74. The first-order valence-electron chi connectivity index (χ1n) is 9.52. The smallest absolute Gasteiger partial charge is 0.456 e. The lowest BCUT2D eigenvalue weighted by Gasteiger charge is -2.32. The van der Waals surface area contributed by atoms with Crippen LogP contribution >= 0.6 is 0 Å². The zero-order valence-electron chi connectivity index (χ0n) is 16.4. The number of rotatable bonds is 5. The van der Waals surface area contributed by atoms with Gasteiger partial charge in [-0.2, -0.15) is 0 Å². The van der Waals surface area contributed by atoms with E-state index in [4.69, 9.17) is 4.65 Å². The van der Waals surface area contributed by atoms with Crippen LogP contribution in [0, 0.1) is 11.7 Å². The summed E-state index contributed by atoms with van der Waals surface area (Å²) in [5, 5.41) is 18.7. The van der Waals surface area contributed by atoms with Gasteiger partial charge in [-0.05, 0) is 54.5 Å². The fraction of sp³-hybridized carbons (Fsp3) is 0.500. The average Bonchev–Trinajstić information content (AvgIpc) is 2.88. The third-order valence-electron chi connectivity index (χ3n) is 5.47. The van der Waals surface area contributed by atoms with Crippen LogP contribution in [-0.2, 0) is 14.5 Å². The lowest BCUT2D eigenvalue weighted by molar-refractivity contribution is 0.169. The first kappa shape index (κ1) is 21.1. The molecule has 2 aliphatic heterocycles. The van der Waals surface area contributed by atoms with Crippen LogP contribution < -0.4 is 0 Å². The minimum Gasteiger partial charge on any atom is -0.505 e. The highest BCUT2D eigenvalue weighted by molar-refractivity contribution is 7.92. The molecule has 2 N–H and O–H groups in total. The van der Waals surface area contributed by atoms with Crippen molar-refractivity contribution in [1.82, 2.24) is 0 Å². The Balaban J connectivity index is 1.79. The van der Waals surface area contributed by atoms with Gasteiger partial charge in [-0.25, -0.2) is 12.8 Å². The fourth-order valence-corrected chi connectivity index (χ4v) is 6.32. The quantitative estimate of drug-likeness (QED) is 0.577. The molecule has 0 bridgehead atoms.